The number of carbonyl (C=O) groups excluding carboxylic acids is 1. The van der Waals surface area contributed by atoms with Crippen LogP contribution in [0.4, 0.5) is 0 Å². The lowest BCUT2D eigenvalue weighted by molar-refractivity contribution is -0.123. The molecule has 1 aliphatic heterocycles. The van der Waals surface area contributed by atoms with Crippen molar-refractivity contribution in [2.24, 2.45) is 11.3 Å². The van der Waals surface area contributed by atoms with Gasteiger partial charge in [0.05, 0.1) is 7.11 Å². The van der Waals surface area contributed by atoms with Crippen LogP contribution in [0.15, 0.2) is 30.5 Å². The third kappa shape index (κ3) is 5.29. The van der Waals surface area contributed by atoms with Gasteiger partial charge in [0.1, 0.15) is 11.6 Å². The van der Waals surface area contributed by atoms with E-state index in [-0.39, 0.29) is 17.2 Å². The van der Waals surface area contributed by atoms with E-state index in [0.717, 1.165) is 68.9 Å². The number of imidazole rings is 1. The van der Waals surface area contributed by atoms with Crippen LogP contribution in [0.3, 0.4) is 0 Å². The van der Waals surface area contributed by atoms with Crippen LogP contribution in [0.1, 0.15) is 56.1 Å². The third-order valence-electron chi connectivity index (χ3n) is 7.09. The average Bonchev–Trinajstić information content (AvgIpc) is 3.31. The number of H-pyrrole nitrogens is 1. The number of aromatic amines is 1. The molecule has 31 heavy (non-hydrogen) atoms. The van der Waals surface area contributed by atoms with Crippen molar-refractivity contribution in [1.82, 2.24) is 20.2 Å². The van der Waals surface area contributed by atoms with Crippen molar-refractivity contribution in [2.75, 3.05) is 26.7 Å². The zero-order valence-corrected chi connectivity index (χ0v) is 19.0. The number of unbranched alkanes of at least 4 members (excludes halogenated alkanes) is 1. The van der Waals surface area contributed by atoms with Crippen LogP contribution in [-0.4, -0.2) is 47.5 Å². The molecular weight excluding hydrogens is 388 g/mol. The molecule has 2 aliphatic rings. The van der Waals surface area contributed by atoms with Crippen molar-refractivity contribution >= 4 is 5.91 Å². The number of ether oxygens (including phenoxy) is 1. The summed E-state index contributed by atoms with van der Waals surface area (Å²) in [7, 11) is 1.69. The molecule has 2 heterocycles. The molecule has 1 saturated carbocycles. The fourth-order valence-electron chi connectivity index (χ4n) is 4.98. The number of nitrogens with zero attached hydrogens (tertiary/aromatic N) is 2. The Balaban J connectivity index is 1.19. The number of rotatable bonds is 10. The minimum absolute atomic E-state index is 0.195. The Morgan fingerprint density at radius 3 is 2.87 bits per heavy atom. The molecule has 1 aromatic carbocycles. The Labute approximate surface area is 185 Å². The van der Waals surface area contributed by atoms with Gasteiger partial charge in [-0.15, -0.1) is 0 Å². The van der Waals surface area contributed by atoms with Crippen LogP contribution in [0.25, 0.3) is 0 Å². The van der Waals surface area contributed by atoms with Crippen LogP contribution in [0, 0.1) is 11.3 Å². The Morgan fingerprint density at radius 1 is 1.29 bits per heavy atom. The summed E-state index contributed by atoms with van der Waals surface area (Å²) in [4.78, 5) is 23.2. The smallest absolute Gasteiger partial charge is 0.223 e. The van der Waals surface area contributed by atoms with Crippen molar-refractivity contribution in [3.8, 4) is 5.75 Å². The number of para-hydroxylation sites is 1. The normalized spacial score (nSPS) is 20.0. The molecule has 6 heteroatoms. The molecule has 2 N–H and O–H groups in total. The number of benzene rings is 1. The minimum atomic E-state index is 0.195. The summed E-state index contributed by atoms with van der Waals surface area (Å²) in [6.45, 7) is 5.94. The van der Waals surface area contributed by atoms with Crippen LogP contribution < -0.4 is 10.1 Å². The first-order valence-corrected chi connectivity index (χ1v) is 11.8. The number of amides is 1. The maximum Gasteiger partial charge on any atom is 0.223 e. The summed E-state index contributed by atoms with van der Waals surface area (Å²) in [6.07, 6.45) is 9.49. The van der Waals surface area contributed by atoms with E-state index in [1.165, 1.54) is 18.5 Å². The number of piperidine rings is 1. The van der Waals surface area contributed by atoms with Gasteiger partial charge in [0, 0.05) is 37.3 Å². The average molecular weight is 425 g/mol. The minimum Gasteiger partial charge on any atom is -0.496 e. The fourth-order valence-corrected chi connectivity index (χ4v) is 4.98. The molecule has 0 radical (unpaired) electrons. The van der Waals surface area contributed by atoms with Gasteiger partial charge >= 0.3 is 0 Å². The molecule has 1 aliphatic carbocycles. The van der Waals surface area contributed by atoms with Gasteiger partial charge in [-0.05, 0) is 62.2 Å². The van der Waals surface area contributed by atoms with Gasteiger partial charge in [0.2, 0.25) is 5.91 Å². The Hall–Kier alpha value is -2.34. The van der Waals surface area contributed by atoms with Gasteiger partial charge in [0.25, 0.3) is 0 Å². The molecule has 1 spiro atoms. The van der Waals surface area contributed by atoms with Crippen molar-refractivity contribution in [3.05, 3.63) is 47.5 Å². The summed E-state index contributed by atoms with van der Waals surface area (Å²) >= 11 is 0. The van der Waals surface area contributed by atoms with Crippen molar-refractivity contribution < 1.29 is 9.53 Å². The first kappa shape index (κ1) is 21.9. The van der Waals surface area contributed by atoms with Crippen LogP contribution in [0.2, 0.25) is 0 Å². The van der Waals surface area contributed by atoms with Crippen molar-refractivity contribution in [2.45, 2.75) is 58.4 Å². The number of likely N-dealkylation sites (tertiary alicyclic amines) is 1. The lowest BCUT2D eigenvalue weighted by Crippen LogP contribution is -2.37. The molecule has 4 rings (SSSR count). The number of aryl methyl sites for hydroxylation is 1. The van der Waals surface area contributed by atoms with E-state index in [1.54, 1.807) is 7.11 Å². The molecule has 1 aromatic heterocycles. The number of methoxy groups -OCH3 is 1. The largest absolute Gasteiger partial charge is 0.496 e. The van der Waals surface area contributed by atoms with Crippen LogP contribution >= 0.6 is 0 Å². The van der Waals surface area contributed by atoms with E-state index >= 15 is 0 Å². The monoisotopic (exact) mass is 424 g/mol. The van der Waals surface area contributed by atoms with E-state index in [0.29, 0.717) is 6.54 Å². The first-order chi connectivity index (χ1) is 15.1. The predicted molar refractivity (Wildman–Crippen MR) is 122 cm³/mol. The molecule has 1 amide bonds. The highest BCUT2D eigenvalue weighted by atomic mass is 16.5. The van der Waals surface area contributed by atoms with Gasteiger partial charge in [0.15, 0.2) is 0 Å². The molecule has 6 nitrogen and oxygen atoms in total. The quantitative estimate of drug-likeness (QED) is 0.610. The van der Waals surface area contributed by atoms with Crippen molar-refractivity contribution in [1.29, 1.82) is 0 Å². The summed E-state index contributed by atoms with van der Waals surface area (Å²) in [5.41, 5.74) is 2.59. The van der Waals surface area contributed by atoms with Crippen LogP contribution in [-0.2, 0) is 24.2 Å². The van der Waals surface area contributed by atoms with E-state index in [4.69, 9.17) is 4.74 Å². The van der Waals surface area contributed by atoms with Gasteiger partial charge in [-0.1, -0.05) is 31.5 Å². The molecule has 2 fully saturated rings. The summed E-state index contributed by atoms with van der Waals surface area (Å²) in [5.74, 6) is 2.43. The van der Waals surface area contributed by atoms with Gasteiger partial charge in [-0.3, -0.25) is 9.69 Å². The van der Waals surface area contributed by atoms with Crippen LogP contribution in [0.5, 0.6) is 5.75 Å². The molecule has 1 unspecified atom stereocenters. The van der Waals surface area contributed by atoms with E-state index in [2.05, 4.69) is 33.2 Å². The lowest BCUT2D eigenvalue weighted by Gasteiger charge is -2.32. The lowest BCUT2D eigenvalue weighted by atomic mass is 9.90. The van der Waals surface area contributed by atoms with E-state index in [9.17, 15) is 4.79 Å². The number of hydrogen-bond donors (Lipinski definition) is 2. The Kier molecular flexibility index (Phi) is 6.96. The fraction of sp³-hybridized carbons (Fsp3) is 0.600. The predicted octanol–water partition coefficient (Wildman–Crippen LogP) is 3.72. The molecule has 1 saturated heterocycles. The highest BCUT2D eigenvalue weighted by Gasteiger charge is 2.58. The van der Waals surface area contributed by atoms with E-state index < -0.39 is 0 Å². The Morgan fingerprint density at radius 2 is 2.10 bits per heavy atom. The number of carbonyl (C=O) groups is 1. The van der Waals surface area contributed by atoms with Gasteiger partial charge in [-0.2, -0.15) is 0 Å². The van der Waals surface area contributed by atoms with Gasteiger partial charge in [-0.25, -0.2) is 4.98 Å². The van der Waals surface area contributed by atoms with Gasteiger partial charge < -0.3 is 15.0 Å². The SMILES string of the molecule is CCCCc1ncc(CN2CCC3(CC2)CC3C(=O)NCCc2ccccc2OC)[nH]1. The second kappa shape index (κ2) is 9.86. The number of hydrogen-bond acceptors (Lipinski definition) is 4. The topological polar surface area (TPSA) is 70.2 Å². The maximum atomic E-state index is 12.7. The maximum absolute atomic E-state index is 12.7. The Bertz CT molecular complexity index is 870. The second-order valence-electron chi connectivity index (χ2n) is 9.21. The standard InChI is InChI=1S/C25H36N4O2/c1-3-4-9-23-27-17-20(28-23)18-29-14-11-25(12-15-29)16-21(25)24(30)26-13-10-19-7-5-6-8-22(19)31-2/h5-8,17,21H,3-4,9-16,18H2,1-2H3,(H,26,30)(H,27,28). The second-order valence-corrected chi connectivity index (χ2v) is 9.21. The molecule has 1 atom stereocenters. The zero-order valence-electron chi connectivity index (χ0n) is 19.0. The molecule has 2 aromatic rings. The van der Waals surface area contributed by atoms with Crippen molar-refractivity contribution in [3.63, 3.8) is 0 Å². The molecule has 0 bridgehead atoms. The van der Waals surface area contributed by atoms with E-state index in [1.807, 2.05) is 24.4 Å². The summed E-state index contributed by atoms with van der Waals surface area (Å²) in [5, 5.41) is 3.17. The molecule has 168 valence electrons. The highest BCUT2D eigenvalue weighted by Crippen LogP contribution is 2.59. The third-order valence-corrected chi connectivity index (χ3v) is 7.09. The first-order valence-electron chi connectivity index (χ1n) is 11.8. The molecular formula is C25H36N4O2. The number of aromatic nitrogens is 2. The highest BCUT2D eigenvalue weighted by molar-refractivity contribution is 5.82. The number of nitrogens with one attached hydrogen (secondary N) is 2. The summed E-state index contributed by atoms with van der Waals surface area (Å²) in [6, 6.07) is 8.01. The summed E-state index contributed by atoms with van der Waals surface area (Å²) < 4.78 is 5.40. The zero-order chi connectivity index (χ0) is 21.7.